The van der Waals surface area contributed by atoms with E-state index >= 15 is 0 Å². The van der Waals surface area contributed by atoms with Crippen LogP contribution in [0, 0.1) is 0 Å². The van der Waals surface area contributed by atoms with Gasteiger partial charge < -0.3 is 28.6 Å². The Hall–Kier alpha value is -14.2. The minimum absolute atomic E-state index is 1.02. The van der Waals surface area contributed by atoms with E-state index in [1.165, 1.54) is 96.8 Å². The molecule has 6 nitrogen and oxygen atoms in total. The molecule has 0 atom stereocenters. The van der Waals surface area contributed by atoms with Crippen molar-refractivity contribution in [3.63, 3.8) is 0 Å². The molecule has 109 heavy (non-hydrogen) atoms. The molecule has 514 valence electrons. The Labute approximate surface area is 636 Å². The Kier molecular flexibility index (Phi) is 16.3. The van der Waals surface area contributed by atoms with Crippen molar-refractivity contribution in [3.8, 4) is 27.9 Å². The van der Waals surface area contributed by atoms with E-state index in [9.17, 15) is 0 Å². The van der Waals surface area contributed by atoms with Gasteiger partial charge in [-0.15, -0.1) is 11.3 Å². The molecule has 0 saturated carbocycles. The Morgan fingerprint density at radius 1 is 0.174 bits per heavy atom. The standard InChI is InChI=1S/C60H42N4S.C42H28N2/c1-6-20-43(21-7-1)61(44-22-8-2-9-23-44)50-38-51(40-52(39-50)63(46-26-12-4-13-27-46)49-35-37-56-55-31-17-19-33-59(55)65-60(56)42-49)62(45-24-10-3-11-25-45)48-34-36-54-53-30-16-18-32-57(53)64(58(54)41-48)47-28-14-5-15-29-47;1-3-12-29(13-4-1)30-22-24-34(25-23-30)43(33-15-5-2-6-16-33)35-17-11-14-31(26-35)32-27-38-36-18-7-9-20-40(36)44-41-21-10-8-19-37(41)39(28-32)42(38)44/h1-42H;1-28H. The number of anilines is 12. The topological polar surface area (TPSA) is 22.3 Å². The maximum Gasteiger partial charge on any atom is 0.0620 e. The van der Waals surface area contributed by atoms with Gasteiger partial charge in [-0.05, 0) is 198 Å². The number of benzene rings is 17. The summed E-state index contributed by atoms with van der Waals surface area (Å²) in [4.78, 5) is 9.53. The molecule has 17 aromatic carbocycles. The van der Waals surface area contributed by atoms with Gasteiger partial charge in [0.25, 0.3) is 0 Å². The van der Waals surface area contributed by atoms with E-state index in [1.54, 1.807) is 0 Å². The summed E-state index contributed by atoms with van der Waals surface area (Å²) >= 11 is 1.85. The highest BCUT2D eigenvalue weighted by molar-refractivity contribution is 7.25. The fraction of sp³-hybridized carbons (Fsp3) is 0. The van der Waals surface area contributed by atoms with Gasteiger partial charge in [-0.3, -0.25) is 0 Å². The number of nitrogens with zero attached hydrogens (tertiary/aromatic N) is 6. The summed E-state index contributed by atoms with van der Waals surface area (Å²) < 4.78 is 7.38. The van der Waals surface area contributed by atoms with Crippen molar-refractivity contribution in [2.45, 2.75) is 0 Å². The molecular formula is C102H70N6S. The van der Waals surface area contributed by atoms with E-state index in [0.29, 0.717) is 0 Å². The van der Waals surface area contributed by atoms with Gasteiger partial charge in [-0.2, -0.15) is 0 Å². The molecule has 21 aromatic rings. The summed E-state index contributed by atoms with van der Waals surface area (Å²) in [5.41, 5.74) is 25.0. The smallest absolute Gasteiger partial charge is 0.0620 e. The first-order valence-corrected chi connectivity index (χ1v) is 37.9. The molecule has 0 bridgehead atoms. The van der Waals surface area contributed by atoms with Crippen LogP contribution in [-0.2, 0) is 0 Å². The first-order chi connectivity index (χ1) is 54.1. The summed E-state index contributed by atoms with van der Waals surface area (Å²) in [5, 5.41) is 10.2. The van der Waals surface area contributed by atoms with Crippen LogP contribution in [0.4, 0.5) is 68.2 Å². The Bertz CT molecular complexity index is 6720. The zero-order valence-electron chi connectivity index (χ0n) is 59.5. The maximum absolute atomic E-state index is 2.44. The van der Waals surface area contributed by atoms with Crippen LogP contribution in [0.25, 0.3) is 108 Å². The van der Waals surface area contributed by atoms with Crippen LogP contribution in [-0.4, -0.2) is 8.97 Å². The minimum Gasteiger partial charge on any atom is -0.310 e. The van der Waals surface area contributed by atoms with Crippen LogP contribution in [0.2, 0.25) is 0 Å². The van der Waals surface area contributed by atoms with Crippen LogP contribution >= 0.6 is 11.3 Å². The van der Waals surface area contributed by atoms with Gasteiger partial charge >= 0.3 is 0 Å². The highest BCUT2D eigenvalue weighted by Crippen LogP contribution is 2.50. The van der Waals surface area contributed by atoms with E-state index < -0.39 is 0 Å². The summed E-state index contributed by atoms with van der Waals surface area (Å²) in [6.07, 6.45) is 0. The van der Waals surface area contributed by atoms with Gasteiger partial charge in [0.15, 0.2) is 0 Å². The molecule has 0 fully saturated rings. The highest BCUT2D eigenvalue weighted by atomic mass is 32.1. The molecule has 4 heterocycles. The third-order valence-electron chi connectivity index (χ3n) is 21.2. The second kappa shape index (κ2) is 27.7. The van der Waals surface area contributed by atoms with Crippen LogP contribution < -0.4 is 19.6 Å². The van der Waals surface area contributed by atoms with E-state index in [0.717, 1.165) is 79.5 Å². The number of hydrogen-bond acceptors (Lipinski definition) is 5. The Morgan fingerprint density at radius 3 is 1.04 bits per heavy atom. The molecule has 0 aliphatic rings. The van der Waals surface area contributed by atoms with E-state index in [1.807, 2.05) is 11.3 Å². The molecule has 0 N–H and O–H groups in total. The number of rotatable bonds is 15. The molecule has 0 saturated heterocycles. The summed E-state index contributed by atoms with van der Waals surface area (Å²) in [7, 11) is 0. The van der Waals surface area contributed by atoms with E-state index in [2.05, 4.69) is 453 Å². The van der Waals surface area contributed by atoms with Gasteiger partial charge in [-0.25, -0.2) is 0 Å². The van der Waals surface area contributed by atoms with Crippen molar-refractivity contribution in [2.24, 2.45) is 0 Å². The van der Waals surface area contributed by atoms with Crippen molar-refractivity contribution >= 4 is 160 Å². The first kappa shape index (κ1) is 64.4. The van der Waals surface area contributed by atoms with E-state index in [-0.39, 0.29) is 0 Å². The lowest BCUT2D eigenvalue weighted by Gasteiger charge is -2.33. The van der Waals surface area contributed by atoms with Crippen molar-refractivity contribution in [1.82, 2.24) is 8.97 Å². The van der Waals surface area contributed by atoms with Gasteiger partial charge in [-0.1, -0.05) is 249 Å². The molecular weight excluding hydrogens is 1340 g/mol. The second-order valence-corrected chi connectivity index (χ2v) is 28.7. The number of thiophene rings is 1. The number of fused-ring (bicyclic) bond motifs is 12. The average Bonchev–Trinajstić information content (AvgIpc) is 1.54. The third-order valence-corrected chi connectivity index (χ3v) is 22.3. The fourth-order valence-electron chi connectivity index (χ4n) is 16.3. The number of aromatic nitrogens is 2. The molecule has 0 radical (unpaired) electrons. The zero-order chi connectivity index (χ0) is 72.1. The second-order valence-electron chi connectivity index (χ2n) is 27.6. The molecule has 0 amide bonds. The SMILES string of the molecule is c1ccc(-c2ccc(N(c3ccccc3)c3cccc(-c4cc5c6ccccc6n6c7ccccc7c(c4)c56)c3)cc2)cc1.c1ccc(N(c2ccccc2)c2cc(N(c3ccccc3)c3ccc4c(c3)sc3ccccc34)cc(N(c3ccccc3)c3ccc4c5ccccc5n(-c5ccccc5)c4c3)c2)cc1. The molecule has 0 aliphatic heterocycles. The molecule has 4 aromatic heterocycles. The largest absolute Gasteiger partial charge is 0.310 e. The predicted octanol–water partition coefficient (Wildman–Crippen LogP) is 29.2. The van der Waals surface area contributed by atoms with Crippen molar-refractivity contribution in [3.05, 3.63) is 425 Å². The summed E-state index contributed by atoms with van der Waals surface area (Å²) in [5.74, 6) is 0. The van der Waals surface area contributed by atoms with Crippen molar-refractivity contribution in [2.75, 3.05) is 19.6 Å². The maximum atomic E-state index is 2.44. The van der Waals surface area contributed by atoms with Crippen molar-refractivity contribution in [1.29, 1.82) is 0 Å². The van der Waals surface area contributed by atoms with Crippen LogP contribution in [0.5, 0.6) is 0 Å². The monoisotopic (exact) mass is 1410 g/mol. The molecule has 0 unspecified atom stereocenters. The average molecular weight is 1410 g/mol. The van der Waals surface area contributed by atoms with Crippen molar-refractivity contribution < 1.29 is 0 Å². The van der Waals surface area contributed by atoms with Gasteiger partial charge in [0, 0.05) is 109 Å². The molecule has 21 rings (SSSR count). The number of para-hydroxylation sites is 9. The number of hydrogen-bond donors (Lipinski definition) is 0. The fourth-order valence-corrected chi connectivity index (χ4v) is 17.5. The molecule has 7 heteroatoms. The normalized spacial score (nSPS) is 11.5. The van der Waals surface area contributed by atoms with Gasteiger partial charge in [0.1, 0.15) is 0 Å². The van der Waals surface area contributed by atoms with Crippen LogP contribution in [0.15, 0.2) is 425 Å². The Morgan fingerprint density at radius 2 is 0.514 bits per heavy atom. The summed E-state index contributed by atoms with van der Waals surface area (Å²) in [6, 6.07) is 153. The first-order valence-electron chi connectivity index (χ1n) is 37.1. The Balaban J connectivity index is 0.000000154. The van der Waals surface area contributed by atoms with E-state index in [4.69, 9.17) is 0 Å². The lowest BCUT2D eigenvalue weighted by atomic mass is 9.98. The quantitative estimate of drug-likeness (QED) is 0.102. The molecule has 0 aliphatic carbocycles. The lowest BCUT2D eigenvalue weighted by molar-refractivity contribution is 1.18. The zero-order valence-corrected chi connectivity index (χ0v) is 60.3. The van der Waals surface area contributed by atoms with Gasteiger partial charge in [0.05, 0.1) is 44.6 Å². The van der Waals surface area contributed by atoms with Crippen LogP contribution in [0.3, 0.4) is 0 Å². The predicted molar refractivity (Wildman–Crippen MR) is 464 cm³/mol. The van der Waals surface area contributed by atoms with Gasteiger partial charge in [0.2, 0.25) is 0 Å². The minimum atomic E-state index is 1.02. The molecule has 0 spiro atoms. The third kappa shape index (κ3) is 11.7. The summed E-state index contributed by atoms with van der Waals surface area (Å²) in [6.45, 7) is 0. The highest BCUT2D eigenvalue weighted by Gasteiger charge is 2.26. The lowest BCUT2D eigenvalue weighted by Crippen LogP contribution is -2.16. The van der Waals surface area contributed by atoms with Crippen LogP contribution in [0.1, 0.15) is 0 Å².